The van der Waals surface area contributed by atoms with Crippen LogP contribution < -0.4 is 0 Å². The van der Waals surface area contributed by atoms with E-state index in [9.17, 15) is 35.1 Å². The van der Waals surface area contributed by atoms with Gasteiger partial charge >= 0.3 is 12.4 Å². The molecule has 1 saturated carbocycles. The molecule has 0 spiro atoms. The lowest BCUT2D eigenvalue weighted by atomic mass is 9.86. The smallest absolute Gasteiger partial charge is 0.338 e. The zero-order valence-electron chi connectivity index (χ0n) is 17.4. The molecule has 0 radical (unpaired) electrons. The van der Waals surface area contributed by atoms with Gasteiger partial charge in [-0.1, -0.05) is 24.3 Å². The summed E-state index contributed by atoms with van der Waals surface area (Å²) in [6, 6.07) is 6.23. The van der Waals surface area contributed by atoms with E-state index in [0.29, 0.717) is 6.07 Å². The van der Waals surface area contributed by atoms with Gasteiger partial charge in [-0.3, -0.25) is 0 Å². The van der Waals surface area contributed by atoms with Crippen molar-refractivity contribution in [2.45, 2.75) is 44.0 Å². The van der Waals surface area contributed by atoms with E-state index in [4.69, 9.17) is 0 Å². The van der Waals surface area contributed by atoms with Crippen LogP contribution in [0.4, 0.5) is 35.1 Å². The second kappa shape index (κ2) is 9.20. The highest BCUT2D eigenvalue weighted by molar-refractivity contribution is 5.87. The SMILES string of the molecule is Cl.FC1(F)CCC(/C=C/c2nc3cc(-c4ccccc4C(F)(F)F)cc(C(F)(F)F)c3[nH]2)CC1. The van der Waals surface area contributed by atoms with Gasteiger partial charge in [0.2, 0.25) is 5.92 Å². The number of hydrogen-bond donors (Lipinski definition) is 1. The van der Waals surface area contributed by atoms with Crippen molar-refractivity contribution in [3.05, 3.63) is 59.4 Å². The van der Waals surface area contributed by atoms with Gasteiger partial charge in [0.1, 0.15) is 5.82 Å². The number of rotatable bonds is 3. The standard InChI is InChI=1S/C23H18F8N2.ClH/c24-21(25)9-7-13(8-10-21)5-6-19-32-18-12-14(11-17(20(18)33-19)23(29,30)31)15-3-1-2-4-16(15)22(26,27)28;/h1-6,11-13H,7-10H2,(H,32,33);1H/b6-5+;. The maximum absolute atomic E-state index is 13.7. The minimum Gasteiger partial charge on any atom is -0.338 e. The van der Waals surface area contributed by atoms with Crippen LogP contribution in [0.15, 0.2) is 42.5 Å². The number of aromatic nitrogens is 2. The van der Waals surface area contributed by atoms with Gasteiger partial charge in [-0.2, -0.15) is 26.3 Å². The molecule has 184 valence electrons. The van der Waals surface area contributed by atoms with Crippen LogP contribution in [0.3, 0.4) is 0 Å². The summed E-state index contributed by atoms with van der Waals surface area (Å²) >= 11 is 0. The molecule has 4 rings (SSSR count). The predicted molar refractivity (Wildman–Crippen MR) is 115 cm³/mol. The maximum Gasteiger partial charge on any atom is 0.418 e. The number of allylic oxidation sites excluding steroid dienone is 1. The Bertz CT molecular complexity index is 1180. The highest BCUT2D eigenvalue weighted by Gasteiger charge is 2.37. The first-order valence-corrected chi connectivity index (χ1v) is 10.2. The van der Waals surface area contributed by atoms with Gasteiger partial charge in [-0.05, 0) is 54.2 Å². The number of nitrogens with zero attached hydrogens (tertiary/aromatic N) is 1. The molecular weight excluding hydrogens is 492 g/mol. The molecule has 11 heteroatoms. The Balaban J connectivity index is 0.00000324. The Hall–Kier alpha value is -2.62. The fourth-order valence-electron chi connectivity index (χ4n) is 4.05. The lowest BCUT2D eigenvalue weighted by Gasteiger charge is -2.26. The molecule has 3 aromatic rings. The molecule has 1 aromatic heterocycles. The molecule has 2 nitrogen and oxygen atoms in total. The normalized spacial score (nSPS) is 17.3. The number of halogens is 9. The minimum absolute atomic E-state index is 0. The Morgan fingerprint density at radius 2 is 1.53 bits per heavy atom. The van der Waals surface area contributed by atoms with Crippen molar-refractivity contribution in [1.29, 1.82) is 0 Å². The van der Waals surface area contributed by atoms with Gasteiger partial charge in [-0.25, -0.2) is 13.8 Å². The Labute approximate surface area is 195 Å². The molecule has 1 aliphatic carbocycles. The summed E-state index contributed by atoms with van der Waals surface area (Å²) in [6.45, 7) is 0. The molecule has 1 fully saturated rings. The topological polar surface area (TPSA) is 28.7 Å². The molecular formula is C23H19ClF8N2. The highest BCUT2D eigenvalue weighted by atomic mass is 35.5. The third kappa shape index (κ3) is 5.54. The first-order valence-electron chi connectivity index (χ1n) is 10.2. The van der Waals surface area contributed by atoms with Crippen LogP contribution in [-0.2, 0) is 12.4 Å². The highest BCUT2D eigenvalue weighted by Crippen LogP contribution is 2.42. The van der Waals surface area contributed by atoms with Crippen molar-refractivity contribution in [2.24, 2.45) is 5.92 Å². The van der Waals surface area contributed by atoms with Crippen LogP contribution in [-0.4, -0.2) is 15.9 Å². The second-order valence-corrected chi connectivity index (χ2v) is 8.13. The molecule has 1 aliphatic rings. The van der Waals surface area contributed by atoms with E-state index >= 15 is 0 Å². The molecule has 1 N–H and O–H groups in total. The van der Waals surface area contributed by atoms with Crippen molar-refractivity contribution in [1.82, 2.24) is 9.97 Å². The average molecular weight is 511 g/mol. The van der Waals surface area contributed by atoms with Crippen LogP contribution in [0.25, 0.3) is 28.2 Å². The van der Waals surface area contributed by atoms with Gasteiger partial charge in [0, 0.05) is 12.8 Å². The summed E-state index contributed by atoms with van der Waals surface area (Å²) in [5.74, 6) is -2.79. The maximum atomic E-state index is 13.7. The van der Waals surface area contributed by atoms with Crippen LogP contribution in [0.1, 0.15) is 42.6 Å². The summed E-state index contributed by atoms with van der Waals surface area (Å²) in [7, 11) is 0. The summed E-state index contributed by atoms with van der Waals surface area (Å²) in [6.07, 6.45) is -6.57. The summed E-state index contributed by atoms with van der Waals surface area (Å²) in [5, 5.41) is 0. The molecule has 0 aliphatic heterocycles. The third-order valence-electron chi connectivity index (χ3n) is 5.75. The van der Waals surface area contributed by atoms with E-state index in [1.165, 1.54) is 18.2 Å². The number of benzene rings is 2. The lowest BCUT2D eigenvalue weighted by molar-refractivity contribution is -0.137. The Kier molecular flexibility index (Phi) is 7.04. The third-order valence-corrected chi connectivity index (χ3v) is 5.75. The van der Waals surface area contributed by atoms with E-state index in [1.807, 2.05) is 0 Å². The van der Waals surface area contributed by atoms with Crippen LogP contribution in [0.5, 0.6) is 0 Å². The molecule has 34 heavy (non-hydrogen) atoms. The van der Waals surface area contributed by atoms with E-state index in [-0.39, 0.29) is 72.0 Å². The predicted octanol–water partition coefficient (Wildman–Crippen LogP) is 8.53. The van der Waals surface area contributed by atoms with Crippen LogP contribution in [0, 0.1) is 5.92 Å². The number of alkyl halides is 8. The number of imidazole rings is 1. The number of hydrogen-bond acceptors (Lipinski definition) is 1. The zero-order chi connectivity index (χ0) is 24.0. The van der Waals surface area contributed by atoms with E-state index in [2.05, 4.69) is 9.97 Å². The molecule has 0 atom stereocenters. The minimum atomic E-state index is -4.84. The Morgan fingerprint density at radius 1 is 0.912 bits per heavy atom. The molecule has 1 heterocycles. The fourth-order valence-corrected chi connectivity index (χ4v) is 4.05. The molecule has 0 amide bonds. The number of aromatic amines is 1. The average Bonchev–Trinajstić information content (AvgIpc) is 3.13. The molecule has 0 unspecified atom stereocenters. The van der Waals surface area contributed by atoms with E-state index in [1.54, 1.807) is 6.08 Å². The van der Waals surface area contributed by atoms with Crippen LogP contribution >= 0.6 is 12.4 Å². The van der Waals surface area contributed by atoms with Gasteiger partial charge < -0.3 is 4.98 Å². The summed E-state index contributed by atoms with van der Waals surface area (Å²) in [5.41, 5.74) is -3.35. The van der Waals surface area contributed by atoms with Gasteiger partial charge in [0.25, 0.3) is 0 Å². The molecule has 0 saturated heterocycles. The largest absolute Gasteiger partial charge is 0.418 e. The fraction of sp³-hybridized carbons (Fsp3) is 0.348. The van der Waals surface area contributed by atoms with E-state index < -0.39 is 29.4 Å². The Morgan fingerprint density at radius 3 is 2.15 bits per heavy atom. The van der Waals surface area contributed by atoms with Crippen molar-refractivity contribution in [3.63, 3.8) is 0 Å². The number of nitrogens with one attached hydrogen (secondary N) is 1. The molecule has 0 bridgehead atoms. The van der Waals surface area contributed by atoms with Crippen molar-refractivity contribution in [3.8, 4) is 11.1 Å². The monoisotopic (exact) mass is 510 g/mol. The number of fused-ring (bicyclic) bond motifs is 1. The molecule has 2 aromatic carbocycles. The van der Waals surface area contributed by atoms with Crippen molar-refractivity contribution < 1.29 is 35.1 Å². The first kappa shape index (κ1) is 26.0. The van der Waals surface area contributed by atoms with Gasteiger partial charge in [0.05, 0.1) is 22.2 Å². The van der Waals surface area contributed by atoms with Crippen LogP contribution in [0.2, 0.25) is 0 Å². The lowest BCUT2D eigenvalue weighted by Crippen LogP contribution is -2.23. The summed E-state index contributed by atoms with van der Waals surface area (Å²) < 4.78 is 108. The van der Waals surface area contributed by atoms with Gasteiger partial charge in [-0.15, -0.1) is 12.4 Å². The van der Waals surface area contributed by atoms with E-state index in [0.717, 1.165) is 18.2 Å². The second-order valence-electron chi connectivity index (χ2n) is 8.13. The van der Waals surface area contributed by atoms with Gasteiger partial charge in [0.15, 0.2) is 0 Å². The number of H-pyrrole nitrogens is 1. The quantitative estimate of drug-likeness (QED) is 0.351. The summed E-state index contributed by atoms with van der Waals surface area (Å²) in [4.78, 5) is 6.67. The van der Waals surface area contributed by atoms with Crippen molar-refractivity contribution >= 4 is 29.5 Å². The van der Waals surface area contributed by atoms with Crippen molar-refractivity contribution in [2.75, 3.05) is 0 Å². The first-order chi connectivity index (χ1) is 15.3. The zero-order valence-corrected chi connectivity index (χ0v) is 18.2.